The molecule has 0 aromatic rings. The summed E-state index contributed by atoms with van der Waals surface area (Å²) in [5, 5.41) is 6.78. The van der Waals surface area contributed by atoms with Crippen molar-refractivity contribution in [1.82, 2.24) is 15.5 Å². The Morgan fingerprint density at radius 2 is 2.12 bits per heavy atom. The number of halogens is 1. The van der Waals surface area contributed by atoms with Crippen LogP contribution in [0.2, 0.25) is 0 Å². The van der Waals surface area contributed by atoms with Gasteiger partial charge in [0.05, 0.1) is 6.54 Å². The van der Waals surface area contributed by atoms with Gasteiger partial charge in [-0.15, -0.1) is 24.0 Å². The molecule has 5 nitrogen and oxygen atoms in total. The Morgan fingerprint density at radius 3 is 2.79 bits per heavy atom. The number of hydrogen-bond donors (Lipinski definition) is 2. The fourth-order valence-electron chi connectivity index (χ4n) is 2.74. The zero-order valence-electron chi connectivity index (χ0n) is 15.8. The first-order valence-electron chi connectivity index (χ1n) is 9.13. The van der Waals surface area contributed by atoms with E-state index >= 15 is 0 Å². The van der Waals surface area contributed by atoms with Gasteiger partial charge in [-0.1, -0.05) is 11.6 Å². The number of methoxy groups -OCH3 is 1. The van der Waals surface area contributed by atoms with E-state index in [4.69, 9.17) is 4.74 Å². The van der Waals surface area contributed by atoms with Crippen LogP contribution >= 0.6 is 24.0 Å². The second kappa shape index (κ2) is 16.1. The maximum Gasteiger partial charge on any atom is 0.191 e. The van der Waals surface area contributed by atoms with E-state index in [1.54, 1.807) is 12.7 Å². The van der Waals surface area contributed by atoms with Gasteiger partial charge in [0.1, 0.15) is 0 Å². The van der Waals surface area contributed by atoms with Crippen molar-refractivity contribution < 1.29 is 4.74 Å². The molecule has 0 aromatic heterocycles. The highest BCUT2D eigenvalue weighted by Gasteiger charge is 2.04. The molecular weight excluding hydrogens is 415 g/mol. The van der Waals surface area contributed by atoms with Gasteiger partial charge in [-0.25, -0.2) is 0 Å². The van der Waals surface area contributed by atoms with Gasteiger partial charge < -0.3 is 20.3 Å². The molecule has 0 fully saturated rings. The lowest BCUT2D eigenvalue weighted by atomic mass is 9.97. The first-order chi connectivity index (χ1) is 11.3. The molecule has 0 aromatic carbocycles. The summed E-state index contributed by atoms with van der Waals surface area (Å²) in [6, 6.07) is 0. The lowest BCUT2D eigenvalue weighted by molar-refractivity contribution is 0.180. The van der Waals surface area contributed by atoms with Crippen molar-refractivity contribution in [3.05, 3.63) is 11.6 Å². The van der Waals surface area contributed by atoms with Gasteiger partial charge in [-0.2, -0.15) is 0 Å². The summed E-state index contributed by atoms with van der Waals surface area (Å²) in [6.07, 6.45) is 9.89. The Morgan fingerprint density at radius 1 is 1.29 bits per heavy atom. The second-order valence-corrected chi connectivity index (χ2v) is 6.20. The van der Waals surface area contributed by atoms with Gasteiger partial charge in [0.25, 0.3) is 0 Å². The molecule has 0 heterocycles. The number of nitrogens with zero attached hydrogens (tertiary/aromatic N) is 2. The lowest BCUT2D eigenvalue weighted by Crippen LogP contribution is -2.38. The van der Waals surface area contributed by atoms with E-state index in [0.29, 0.717) is 0 Å². The molecular formula is C18H37IN4O. The van der Waals surface area contributed by atoms with Crippen LogP contribution in [0.25, 0.3) is 0 Å². The minimum Gasteiger partial charge on any atom is -0.385 e. The monoisotopic (exact) mass is 452 g/mol. The molecule has 0 aliphatic heterocycles. The largest absolute Gasteiger partial charge is 0.385 e. The van der Waals surface area contributed by atoms with Gasteiger partial charge in [0.15, 0.2) is 5.96 Å². The molecule has 2 N–H and O–H groups in total. The van der Waals surface area contributed by atoms with Crippen LogP contribution in [0.5, 0.6) is 0 Å². The van der Waals surface area contributed by atoms with E-state index in [1.165, 1.54) is 25.7 Å². The molecule has 0 saturated heterocycles. The number of nitrogens with one attached hydrogen (secondary N) is 2. The van der Waals surface area contributed by atoms with Gasteiger partial charge in [0.2, 0.25) is 0 Å². The van der Waals surface area contributed by atoms with Crippen LogP contribution in [-0.2, 0) is 4.74 Å². The third-order valence-corrected chi connectivity index (χ3v) is 4.11. The Labute approximate surface area is 165 Å². The average molecular weight is 452 g/mol. The maximum absolute atomic E-state index is 5.08. The molecule has 0 radical (unpaired) electrons. The van der Waals surface area contributed by atoms with Crippen molar-refractivity contribution >= 4 is 29.9 Å². The minimum atomic E-state index is 0. The van der Waals surface area contributed by atoms with Gasteiger partial charge in [-0.3, -0.25) is 4.99 Å². The first-order valence-corrected chi connectivity index (χ1v) is 9.13. The number of allylic oxidation sites excluding steroid dienone is 1. The minimum absolute atomic E-state index is 0. The molecule has 0 spiro atoms. The Kier molecular flexibility index (Phi) is 15.9. The predicted octanol–water partition coefficient (Wildman–Crippen LogP) is 3.02. The quantitative estimate of drug-likeness (QED) is 0.166. The number of aliphatic imine (C=N–C) groups is 1. The average Bonchev–Trinajstić information content (AvgIpc) is 2.56. The lowest BCUT2D eigenvalue weighted by Gasteiger charge is -2.17. The number of ether oxygens (including phenoxy) is 1. The molecule has 0 atom stereocenters. The smallest absolute Gasteiger partial charge is 0.191 e. The molecule has 1 rings (SSSR count). The third kappa shape index (κ3) is 12.1. The summed E-state index contributed by atoms with van der Waals surface area (Å²) in [4.78, 5) is 6.97. The first kappa shape index (κ1) is 23.7. The summed E-state index contributed by atoms with van der Waals surface area (Å²) in [6.45, 7) is 7.67. The molecule has 1 aliphatic rings. The van der Waals surface area contributed by atoms with Gasteiger partial charge >= 0.3 is 0 Å². The van der Waals surface area contributed by atoms with Crippen molar-refractivity contribution in [2.45, 2.75) is 45.4 Å². The molecule has 1 aliphatic carbocycles. The summed E-state index contributed by atoms with van der Waals surface area (Å²) in [5.74, 6) is 0.939. The molecule has 24 heavy (non-hydrogen) atoms. The Balaban J connectivity index is 0.00000529. The molecule has 0 amide bonds. The zero-order valence-corrected chi connectivity index (χ0v) is 18.1. The number of rotatable bonds is 11. The highest BCUT2D eigenvalue weighted by molar-refractivity contribution is 14.0. The SMILES string of the molecule is CCNC(=NCCN(C)CCCOC)NCCC1=CCCCC1.I. The van der Waals surface area contributed by atoms with E-state index in [1.807, 2.05) is 0 Å². The summed E-state index contributed by atoms with van der Waals surface area (Å²) >= 11 is 0. The van der Waals surface area contributed by atoms with Crippen molar-refractivity contribution in [3.63, 3.8) is 0 Å². The highest BCUT2D eigenvalue weighted by Crippen LogP contribution is 2.19. The van der Waals surface area contributed by atoms with Crippen molar-refractivity contribution in [2.75, 3.05) is 53.5 Å². The summed E-state index contributed by atoms with van der Waals surface area (Å²) < 4.78 is 5.08. The van der Waals surface area contributed by atoms with E-state index < -0.39 is 0 Å². The van der Waals surface area contributed by atoms with Crippen LogP contribution in [0.3, 0.4) is 0 Å². The predicted molar refractivity (Wildman–Crippen MR) is 115 cm³/mol. The van der Waals surface area contributed by atoms with Crippen molar-refractivity contribution in [3.8, 4) is 0 Å². The van der Waals surface area contributed by atoms with Crippen LogP contribution in [0, 0.1) is 0 Å². The standard InChI is InChI=1S/C18H36N4O.HI/c1-4-19-18(20-12-11-17-9-6-5-7-10-17)21-13-15-22(2)14-8-16-23-3;/h9H,4-8,10-16H2,1-3H3,(H2,19,20,21);1H. The fraction of sp³-hybridized carbons (Fsp3) is 0.833. The van der Waals surface area contributed by atoms with Crippen LogP contribution in [0.15, 0.2) is 16.6 Å². The van der Waals surface area contributed by atoms with Crippen LogP contribution in [0.1, 0.15) is 45.4 Å². The fourth-order valence-corrected chi connectivity index (χ4v) is 2.74. The van der Waals surface area contributed by atoms with E-state index in [9.17, 15) is 0 Å². The Bertz CT molecular complexity index is 361. The summed E-state index contributed by atoms with van der Waals surface area (Å²) in [5.41, 5.74) is 1.61. The van der Waals surface area contributed by atoms with Crippen LogP contribution < -0.4 is 10.6 Å². The maximum atomic E-state index is 5.08. The molecule has 0 saturated carbocycles. The number of likely N-dealkylation sites (N-methyl/N-ethyl adjacent to an activating group) is 1. The van der Waals surface area contributed by atoms with E-state index in [-0.39, 0.29) is 24.0 Å². The molecule has 0 bridgehead atoms. The van der Waals surface area contributed by atoms with Gasteiger partial charge in [0, 0.05) is 39.9 Å². The third-order valence-electron chi connectivity index (χ3n) is 4.11. The van der Waals surface area contributed by atoms with E-state index in [0.717, 1.165) is 58.1 Å². The van der Waals surface area contributed by atoms with Crippen molar-refractivity contribution in [1.29, 1.82) is 0 Å². The normalized spacial score (nSPS) is 15.0. The Hall–Kier alpha value is -0.340. The molecule has 142 valence electrons. The molecule has 6 heteroatoms. The number of guanidine groups is 1. The highest BCUT2D eigenvalue weighted by atomic mass is 127. The van der Waals surface area contributed by atoms with Crippen LogP contribution in [-0.4, -0.2) is 64.3 Å². The number of hydrogen-bond acceptors (Lipinski definition) is 3. The van der Waals surface area contributed by atoms with Gasteiger partial charge in [-0.05, 0) is 52.5 Å². The zero-order chi connectivity index (χ0) is 16.8. The second-order valence-electron chi connectivity index (χ2n) is 6.20. The van der Waals surface area contributed by atoms with Crippen molar-refractivity contribution in [2.24, 2.45) is 4.99 Å². The molecule has 0 unspecified atom stereocenters. The van der Waals surface area contributed by atoms with Crippen LogP contribution in [0.4, 0.5) is 0 Å². The van der Waals surface area contributed by atoms with E-state index in [2.05, 4.69) is 40.6 Å². The summed E-state index contributed by atoms with van der Waals surface area (Å²) in [7, 11) is 3.89. The topological polar surface area (TPSA) is 48.9 Å².